The first-order chi connectivity index (χ1) is 8.62. The third-order valence-corrected chi connectivity index (χ3v) is 2.45. The molecule has 0 aliphatic carbocycles. The maximum absolute atomic E-state index is 12.3. The third kappa shape index (κ3) is 3.83. The number of benzene rings is 1. The van der Waals surface area contributed by atoms with Crippen molar-refractivity contribution >= 4 is 5.91 Å². The van der Waals surface area contributed by atoms with Crippen LogP contribution in [0.5, 0.6) is 5.75 Å². The maximum atomic E-state index is 12.3. The highest BCUT2D eigenvalue weighted by Gasteiger charge is 2.32. The Labute approximate surface area is 106 Å². The number of phenols is 1. The molecular formula is C11H12F3NO4. The van der Waals surface area contributed by atoms with Crippen molar-refractivity contribution < 1.29 is 33.3 Å². The number of amides is 1. The standard InChI is InChI=1S/C11H12F3NO4/c12-11(13,14)5-1-2-6(7(16)3-5)10(19)8(17)4-9(15)18/h1-3,8,10,16-17,19H,4H2,(H2,15,18). The van der Waals surface area contributed by atoms with Gasteiger partial charge in [0.25, 0.3) is 0 Å². The van der Waals surface area contributed by atoms with E-state index in [1.54, 1.807) is 0 Å². The highest BCUT2D eigenvalue weighted by molar-refractivity contribution is 5.74. The van der Waals surface area contributed by atoms with Crippen LogP contribution < -0.4 is 5.73 Å². The van der Waals surface area contributed by atoms with Crippen molar-refractivity contribution in [3.05, 3.63) is 29.3 Å². The number of phenolic OH excluding ortho intramolecular Hbond substituents is 1. The summed E-state index contributed by atoms with van der Waals surface area (Å²) in [6, 6.07) is 1.90. The van der Waals surface area contributed by atoms with E-state index < -0.39 is 42.0 Å². The van der Waals surface area contributed by atoms with Gasteiger partial charge in [0.1, 0.15) is 11.9 Å². The number of hydrogen-bond donors (Lipinski definition) is 4. The van der Waals surface area contributed by atoms with Crippen molar-refractivity contribution in [3.63, 3.8) is 0 Å². The first-order valence-corrected chi connectivity index (χ1v) is 5.17. The van der Waals surface area contributed by atoms with E-state index in [-0.39, 0.29) is 5.56 Å². The Morgan fingerprint density at radius 3 is 2.32 bits per heavy atom. The van der Waals surface area contributed by atoms with E-state index in [0.29, 0.717) is 12.1 Å². The second-order valence-corrected chi connectivity index (χ2v) is 3.95. The summed E-state index contributed by atoms with van der Waals surface area (Å²) in [5, 5.41) is 28.4. The fourth-order valence-electron chi connectivity index (χ4n) is 1.50. The minimum atomic E-state index is -4.63. The monoisotopic (exact) mass is 279 g/mol. The van der Waals surface area contributed by atoms with E-state index >= 15 is 0 Å². The summed E-state index contributed by atoms with van der Waals surface area (Å²) in [7, 11) is 0. The zero-order chi connectivity index (χ0) is 14.8. The molecule has 1 aromatic rings. The fourth-order valence-corrected chi connectivity index (χ4v) is 1.50. The van der Waals surface area contributed by atoms with E-state index in [9.17, 15) is 33.3 Å². The van der Waals surface area contributed by atoms with Crippen molar-refractivity contribution in [1.82, 2.24) is 0 Å². The van der Waals surface area contributed by atoms with Gasteiger partial charge in [-0.05, 0) is 12.1 Å². The van der Waals surface area contributed by atoms with Gasteiger partial charge in [-0.2, -0.15) is 13.2 Å². The molecule has 0 heterocycles. The number of primary amides is 1. The number of carbonyl (C=O) groups excluding carboxylic acids is 1. The molecule has 0 aromatic heterocycles. The first-order valence-electron chi connectivity index (χ1n) is 5.17. The molecular weight excluding hydrogens is 267 g/mol. The SMILES string of the molecule is NC(=O)CC(O)C(O)c1ccc(C(F)(F)F)cc1O. The minimum absolute atomic E-state index is 0.318. The second-order valence-electron chi connectivity index (χ2n) is 3.95. The molecule has 1 aromatic carbocycles. The normalized spacial score (nSPS) is 15.0. The molecule has 0 radical (unpaired) electrons. The molecule has 1 rings (SSSR count). The summed E-state index contributed by atoms with van der Waals surface area (Å²) in [6.45, 7) is 0. The average Bonchev–Trinajstić information content (AvgIpc) is 2.25. The van der Waals surface area contributed by atoms with Gasteiger partial charge >= 0.3 is 6.18 Å². The van der Waals surface area contributed by atoms with E-state index in [1.807, 2.05) is 0 Å². The number of nitrogens with two attached hydrogens (primary N) is 1. The molecule has 0 fully saturated rings. The number of alkyl halides is 3. The molecule has 5 nitrogen and oxygen atoms in total. The van der Waals surface area contributed by atoms with Gasteiger partial charge in [0, 0.05) is 5.56 Å². The van der Waals surface area contributed by atoms with Crippen LogP contribution in [0.25, 0.3) is 0 Å². The molecule has 8 heteroatoms. The van der Waals surface area contributed by atoms with Gasteiger partial charge in [0.15, 0.2) is 0 Å². The molecule has 0 spiro atoms. The first kappa shape index (κ1) is 15.3. The lowest BCUT2D eigenvalue weighted by Crippen LogP contribution is -2.25. The molecule has 1 amide bonds. The van der Waals surface area contributed by atoms with Crippen LogP contribution in [0.1, 0.15) is 23.7 Å². The van der Waals surface area contributed by atoms with Gasteiger partial charge in [-0.1, -0.05) is 6.07 Å². The van der Waals surface area contributed by atoms with Gasteiger partial charge in [0.05, 0.1) is 18.1 Å². The predicted molar refractivity (Wildman–Crippen MR) is 57.9 cm³/mol. The van der Waals surface area contributed by atoms with Crippen LogP contribution in [-0.2, 0) is 11.0 Å². The summed E-state index contributed by atoms with van der Waals surface area (Å²) in [5.74, 6) is -1.72. The summed E-state index contributed by atoms with van der Waals surface area (Å²) in [5.41, 5.74) is 3.40. The van der Waals surface area contributed by atoms with Gasteiger partial charge in [-0.3, -0.25) is 4.79 Å². The Bertz CT molecular complexity index is 475. The Balaban J connectivity index is 2.99. The molecule has 2 atom stereocenters. The predicted octanol–water partition coefficient (Wildman–Crippen LogP) is 0.681. The summed E-state index contributed by atoms with van der Waals surface area (Å²) in [4.78, 5) is 10.6. The lowest BCUT2D eigenvalue weighted by atomic mass is 9.99. The molecule has 0 bridgehead atoms. The highest BCUT2D eigenvalue weighted by Crippen LogP contribution is 2.35. The molecule has 106 valence electrons. The highest BCUT2D eigenvalue weighted by atomic mass is 19.4. The van der Waals surface area contributed by atoms with Crippen molar-refractivity contribution in [2.75, 3.05) is 0 Å². The van der Waals surface area contributed by atoms with E-state index in [4.69, 9.17) is 5.73 Å². The molecule has 2 unspecified atom stereocenters. The number of halogens is 3. The molecule has 0 saturated heterocycles. The quantitative estimate of drug-likeness (QED) is 0.650. The topological polar surface area (TPSA) is 104 Å². The Kier molecular flexibility index (Phi) is 4.38. The number of aliphatic hydroxyl groups is 2. The van der Waals surface area contributed by atoms with Crippen molar-refractivity contribution in [3.8, 4) is 5.75 Å². The fraction of sp³-hybridized carbons (Fsp3) is 0.364. The summed E-state index contributed by atoms with van der Waals surface area (Å²) < 4.78 is 37.0. The van der Waals surface area contributed by atoms with Crippen LogP contribution in [0.2, 0.25) is 0 Å². The number of hydrogen-bond acceptors (Lipinski definition) is 4. The Morgan fingerprint density at radius 1 is 1.32 bits per heavy atom. The molecule has 5 N–H and O–H groups in total. The van der Waals surface area contributed by atoms with Crippen LogP contribution >= 0.6 is 0 Å². The molecule has 0 aliphatic heterocycles. The van der Waals surface area contributed by atoms with Crippen molar-refractivity contribution in [2.24, 2.45) is 5.73 Å². The van der Waals surface area contributed by atoms with Crippen LogP contribution in [0.15, 0.2) is 18.2 Å². The van der Waals surface area contributed by atoms with Crippen LogP contribution in [0.3, 0.4) is 0 Å². The lowest BCUT2D eigenvalue weighted by molar-refractivity contribution is -0.137. The maximum Gasteiger partial charge on any atom is 0.416 e. The number of rotatable bonds is 4. The summed E-state index contributed by atoms with van der Waals surface area (Å²) >= 11 is 0. The van der Waals surface area contributed by atoms with Gasteiger partial charge < -0.3 is 21.1 Å². The second kappa shape index (κ2) is 5.45. The van der Waals surface area contributed by atoms with E-state index in [2.05, 4.69) is 0 Å². The van der Waals surface area contributed by atoms with Crippen LogP contribution in [0, 0.1) is 0 Å². The molecule has 19 heavy (non-hydrogen) atoms. The molecule has 0 saturated carbocycles. The Morgan fingerprint density at radius 2 is 1.89 bits per heavy atom. The van der Waals surface area contributed by atoms with E-state index in [1.165, 1.54) is 0 Å². The minimum Gasteiger partial charge on any atom is -0.508 e. The van der Waals surface area contributed by atoms with Gasteiger partial charge in [-0.15, -0.1) is 0 Å². The van der Waals surface area contributed by atoms with Crippen LogP contribution in [0.4, 0.5) is 13.2 Å². The average molecular weight is 279 g/mol. The number of aliphatic hydroxyl groups excluding tert-OH is 2. The number of carbonyl (C=O) groups is 1. The zero-order valence-electron chi connectivity index (χ0n) is 9.55. The number of aromatic hydroxyl groups is 1. The molecule has 0 aliphatic rings. The van der Waals surface area contributed by atoms with E-state index in [0.717, 1.165) is 6.07 Å². The van der Waals surface area contributed by atoms with Crippen LogP contribution in [-0.4, -0.2) is 27.3 Å². The smallest absolute Gasteiger partial charge is 0.416 e. The largest absolute Gasteiger partial charge is 0.508 e. The van der Waals surface area contributed by atoms with Crippen molar-refractivity contribution in [1.29, 1.82) is 0 Å². The van der Waals surface area contributed by atoms with Crippen molar-refractivity contribution in [2.45, 2.75) is 24.8 Å². The van der Waals surface area contributed by atoms with Gasteiger partial charge in [0.2, 0.25) is 5.91 Å². The third-order valence-electron chi connectivity index (χ3n) is 2.45. The zero-order valence-corrected chi connectivity index (χ0v) is 9.55. The Hall–Kier alpha value is -1.80. The summed E-state index contributed by atoms with van der Waals surface area (Å²) in [6.07, 6.45) is -8.54. The lowest BCUT2D eigenvalue weighted by Gasteiger charge is -2.18. The van der Waals surface area contributed by atoms with Gasteiger partial charge in [-0.25, -0.2) is 0 Å².